The topological polar surface area (TPSA) is 59.1 Å². The van der Waals surface area contributed by atoms with Gasteiger partial charge in [0.25, 0.3) is 0 Å². The average Bonchev–Trinajstić information content (AvgIpc) is 3.03. The van der Waals surface area contributed by atoms with Crippen LogP contribution in [0.5, 0.6) is 0 Å². The van der Waals surface area contributed by atoms with Crippen molar-refractivity contribution < 1.29 is 19.1 Å². The lowest BCUT2D eigenvalue weighted by molar-refractivity contribution is 0.00180. The highest BCUT2D eigenvalue weighted by Crippen LogP contribution is 2.24. The number of nitrogens with zero attached hydrogens (tertiary/aromatic N) is 2. The number of carbonyl (C=O) groups excluding carboxylic acids is 2. The highest BCUT2D eigenvalue weighted by atomic mass is 16.5. The van der Waals surface area contributed by atoms with Crippen molar-refractivity contribution in [3.05, 3.63) is 144 Å². The summed E-state index contributed by atoms with van der Waals surface area (Å²) in [5.41, 5.74) is 3.05. The molecular formula is C34H34N2O4. The van der Waals surface area contributed by atoms with E-state index in [0.717, 1.165) is 37.3 Å². The zero-order valence-corrected chi connectivity index (χ0v) is 22.5. The van der Waals surface area contributed by atoms with E-state index in [-0.39, 0.29) is 24.1 Å². The van der Waals surface area contributed by atoms with Crippen LogP contribution in [0.3, 0.4) is 0 Å². The number of carbonyl (C=O) groups is 2. The molecule has 2 unspecified atom stereocenters. The van der Waals surface area contributed by atoms with Crippen LogP contribution in [0.2, 0.25) is 0 Å². The van der Waals surface area contributed by atoms with Gasteiger partial charge >= 0.3 is 11.9 Å². The summed E-state index contributed by atoms with van der Waals surface area (Å²) in [7, 11) is 0. The van der Waals surface area contributed by atoms with Gasteiger partial charge in [0.2, 0.25) is 0 Å². The summed E-state index contributed by atoms with van der Waals surface area (Å²) >= 11 is 0. The number of hydrogen-bond donors (Lipinski definition) is 0. The molecule has 1 aliphatic rings. The monoisotopic (exact) mass is 534 g/mol. The highest BCUT2D eigenvalue weighted by molar-refractivity contribution is 5.90. The first-order valence-electron chi connectivity index (χ1n) is 13.7. The quantitative estimate of drug-likeness (QED) is 0.240. The SMILES string of the molecule is O=C(OC(CN1CCN(CC(OC(=O)c2ccccc2)c2ccccc2)CC1)c1ccccc1)c1ccccc1. The Morgan fingerprint density at radius 3 is 1.12 bits per heavy atom. The second-order valence-electron chi connectivity index (χ2n) is 9.94. The maximum absolute atomic E-state index is 12.9. The smallest absolute Gasteiger partial charge is 0.338 e. The van der Waals surface area contributed by atoms with Crippen LogP contribution in [-0.2, 0) is 9.47 Å². The number of ether oxygens (including phenoxy) is 2. The molecule has 4 aromatic rings. The Bertz CT molecular complexity index is 1240. The van der Waals surface area contributed by atoms with Gasteiger partial charge < -0.3 is 9.47 Å². The van der Waals surface area contributed by atoms with Crippen LogP contribution >= 0.6 is 0 Å². The Morgan fingerprint density at radius 1 is 0.500 bits per heavy atom. The molecule has 0 spiro atoms. The van der Waals surface area contributed by atoms with E-state index in [1.165, 1.54) is 0 Å². The molecule has 204 valence electrons. The predicted octanol–water partition coefficient (Wildman–Crippen LogP) is 5.80. The minimum atomic E-state index is -0.371. The normalized spacial score (nSPS) is 15.6. The molecule has 0 aromatic heterocycles. The first-order chi connectivity index (χ1) is 19.7. The third-order valence-corrected chi connectivity index (χ3v) is 7.17. The lowest BCUT2D eigenvalue weighted by atomic mass is 10.1. The molecule has 0 radical (unpaired) electrons. The Hall–Kier alpha value is -4.26. The van der Waals surface area contributed by atoms with Crippen LogP contribution < -0.4 is 0 Å². The molecule has 0 aliphatic carbocycles. The van der Waals surface area contributed by atoms with E-state index in [4.69, 9.17) is 9.47 Å². The summed E-state index contributed by atoms with van der Waals surface area (Å²) in [4.78, 5) is 30.4. The number of hydrogen-bond acceptors (Lipinski definition) is 6. The molecule has 1 fully saturated rings. The zero-order chi connectivity index (χ0) is 27.6. The second kappa shape index (κ2) is 13.7. The second-order valence-corrected chi connectivity index (χ2v) is 9.94. The summed E-state index contributed by atoms with van der Waals surface area (Å²) in [5, 5.41) is 0. The number of esters is 2. The van der Waals surface area contributed by atoms with E-state index in [2.05, 4.69) is 9.80 Å². The van der Waals surface area contributed by atoms with Crippen molar-refractivity contribution in [1.29, 1.82) is 0 Å². The molecule has 0 N–H and O–H groups in total. The molecule has 1 saturated heterocycles. The number of benzene rings is 4. The summed E-state index contributed by atoms with van der Waals surface area (Å²) in [5.74, 6) is -0.641. The molecule has 1 aliphatic heterocycles. The third-order valence-electron chi connectivity index (χ3n) is 7.17. The summed E-state index contributed by atoms with van der Waals surface area (Å²) < 4.78 is 12.0. The van der Waals surface area contributed by atoms with Gasteiger partial charge in [-0.25, -0.2) is 9.59 Å². The molecule has 0 saturated carbocycles. The standard InChI is InChI=1S/C34H34N2O4/c37-33(29-17-9-3-10-18-29)39-31(27-13-5-1-6-14-27)25-35-21-23-36(24-22-35)26-32(28-15-7-2-8-16-28)40-34(38)30-19-11-4-12-20-30/h1-20,31-32H,21-26H2. The Balaban J connectivity index is 1.21. The minimum absolute atomic E-state index is 0.320. The van der Waals surface area contributed by atoms with E-state index < -0.39 is 0 Å². The molecule has 6 heteroatoms. The van der Waals surface area contributed by atoms with Crippen molar-refractivity contribution in [2.24, 2.45) is 0 Å². The molecule has 1 heterocycles. The first kappa shape index (κ1) is 27.3. The average molecular weight is 535 g/mol. The lowest BCUT2D eigenvalue weighted by Gasteiger charge is -2.37. The van der Waals surface area contributed by atoms with Crippen LogP contribution in [0.4, 0.5) is 0 Å². The van der Waals surface area contributed by atoms with Gasteiger partial charge in [-0.15, -0.1) is 0 Å². The molecule has 0 amide bonds. The molecule has 4 aromatic carbocycles. The van der Waals surface area contributed by atoms with Crippen LogP contribution in [0.1, 0.15) is 44.1 Å². The van der Waals surface area contributed by atoms with Crippen LogP contribution in [0.15, 0.2) is 121 Å². The number of rotatable bonds is 10. The fraction of sp³-hybridized carbons (Fsp3) is 0.235. The molecule has 5 rings (SSSR count). The molecule has 0 bridgehead atoms. The maximum Gasteiger partial charge on any atom is 0.338 e. The maximum atomic E-state index is 12.9. The Kier molecular flexibility index (Phi) is 9.35. The van der Waals surface area contributed by atoms with Gasteiger partial charge in [0, 0.05) is 39.3 Å². The van der Waals surface area contributed by atoms with E-state index in [1.54, 1.807) is 24.3 Å². The third kappa shape index (κ3) is 7.44. The number of piperazine rings is 1. The van der Waals surface area contributed by atoms with E-state index in [0.29, 0.717) is 24.2 Å². The molecular weight excluding hydrogens is 500 g/mol. The first-order valence-corrected chi connectivity index (χ1v) is 13.7. The Labute approximate surface area is 235 Å². The largest absolute Gasteiger partial charge is 0.453 e. The van der Waals surface area contributed by atoms with Gasteiger partial charge in [0.05, 0.1) is 11.1 Å². The highest BCUT2D eigenvalue weighted by Gasteiger charge is 2.27. The Morgan fingerprint density at radius 2 is 0.800 bits per heavy atom. The van der Waals surface area contributed by atoms with Crippen LogP contribution in [0.25, 0.3) is 0 Å². The fourth-order valence-corrected chi connectivity index (χ4v) is 4.92. The summed E-state index contributed by atoms with van der Waals surface area (Å²) in [6.45, 7) is 4.50. The van der Waals surface area contributed by atoms with E-state index >= 15 is 0 Å². The van der Waals surface area contributed by atoms with Gasteiger partial charge in [0.1, 0.15) is 12.2 Å². The van der Waals surface area contributed by atoms with Crippen molar-refractivity contribution in [2.45, 2.75) is 12.2 Å². The van der Waals surface area contributed by atoms with Gasteiger partial charge in [-0.2, -0.15) is 0 Å². The van der Waals surface area contributed by atoms with Crippen molar-refractivity contribution in [1.82, 2.24) is 9.80 Å². The summed E-state index contributed by atoms with van der Waals surface area (Å²) in [6, 6.07) is 38.1. The summed E-state index contributed by atoms with van der Waals surface area (Å²) in [6.07, 6.45) is -0.742. The zero-order valence-electron chi connectivity index (χ0n) is 22.5. The lowest BCUT2D eigenvalue weighted by Crippen LogP contribution is -2.49. The van der Waals surface area contributed by atoms with Crippen molar-refractivity contribution >= 4 is 11.9 Å². The van der Waals surface area contributed by atoms with E-state index in [1.807, 2.05) is 97.1 Å². The molecule has 2 atom stereocenters. The van der Waals surface area contributed by atoms with Crippen molar-refractivity contribution in [3.8, 4) is 0 Å². The van der Waals surface area contributed by atoms with E-state index in [9.17, 15) is 9.59 Å². The molecule has 40 heavy (non-hydrogen) atoms. The van der Waals surface area contributed by atoms with Crippen molar-refractivity contribution in [3.63, 3.8) is 0 Å². The van der Waals surface area contributed by atoms with Crippen LogP contribution in [-0.4, -0.2) is 61.0 Å². The van der Waals surface area contributed by atoms with Gasteiger partial charge in [0.15, 0.2) is 0 Å². The van der Waals surface area contributed by atoms with Crippen LogP contribution in [0, 0.1) is 0 Å². The fourth-order valence-electron chi connectivity index (χ4n) is 4.92. The van der Waals surface area contributed by atoms with Gasteiger partial charge in [-0.1, -0.05) is 97.1 Å². The van der Waals surface area contributed by atoms with Gasteiger partial charge in [-0.05, 0) is 35.4 Å². The molecule has 6 nitrogen and oxygen atoms in total. The van der Waals surface area contributed by atoms with Gasteiger partial charge in [-0.3, -0.25) is 9.80 Å². The van der Waals surface area contributed by atoms with Crippen molar-refractivity contribution in [2.75, 3.05) is 39.3 Å². The minimum Gasteiger partial charge on any atom is -0.453 e. The predicted molar refractivity (Wildman–Crippen MR) is 155 cm³/mol.